The average Bonchev–Trinajstić information content (AvgIpc) is 3.14. The van der Waals surface area contributed by atoms with Gasteiger partial charge < -0.3 is 0 Å². The SMILES string of the molecule is CC1(c2cc3nnc(-c4ccccc4)n3nc2Cl)CCCC1. The van der Waals surface area contributed by atoms with E-state index in [1.807, 2.05) is 30.3 Å². The number of halogens is 1. The molecule has 4 nitrogen and oxygen atoms in total. The highest BCUT2D eigenvalue weighted by molar-refractivity contribution is 6.30. The molecule has 0 unspecified atom stereocenters. The Bertz CT molecular complexity index is 819. The van der Waals surface area contributed by atoms with Gasteiger partial charge in [0.25, 0.3) is 0 Å². The highest BCUT2D eigenvalue weighted by atomic mass is 35.5. The van der Waals surface area contributed by atoms with Gasteiger partial charge in [-0.05, 0) is 24.3 Å². The monoisotopic (exact) mass is 312 g/mol. The van der Waals surface area contributed by atoms with Gasteiger partial charge in [-0.25, -0.2) is 0 Å². The van der Waals surface area contributed by atoms with E-state index in [2.05, 4.69) is 28.3 Å². The smallest absolute Gasteiger partial charge is 0.185 e. The second-order valence-corrected chi connectivity index (χ2v) is 6.63. The molecule has 4 rings (SSSR count). The van der Waals surface area contributed by atoms with Crippen molar-refractivity contribution in [2.24, 2.45) is 0 Å². The van der Waals surface area contributed by atoms with Gasteiger partial charge in [0.2, 0.25) is 0 Å². The molecule has 22 heavy (non-hydrogen) atoms. The number of benzene rings is 1. The minimum Gasteiger partial charge on any atom is -0.191 e. The lowest BCUT2D eigenvalue weighted by atomic mass is 9.82. The van der Waals surface area contributed by atoms with Gasteiger partial charge in [-0.3, -0.25) is 0 Å². The zero-order valence-electron chi connectivity index (χ0n) is 12.5. The van der Waals surface area contributed by atoms with E-state index in [1.54, 1.807) is 4.52 Å². The Morgan fingerprint density at radius 2 is 1.82 bits per heavy atom. The minimum atomic E-state index is 0.116. The first-order valence-corrected chi connectivity index (χ1v) is 8.03. The topological polar surface area (TPSA) is 43.1 Å². The molecule has 2 heterocycles. The Kier molecular flexibility index (Phi) is 3.15. The standard InChI is InChI=1S/C17H17ClN4/c1-17(9-5-6-10-17)13-11-14-19-20-16(22(14)21-15(13)18)12-7-3-2-4-8-12/h2-4,7-8,11H,5-6,9-10H2,1H3. The third kappa shape index (κ3) is 2.10. The summed E-state index contributed by atoms with van der Waals surface area (Å²) in [7, 11) is 0. The summed E-state index contributed by atoms with van der Waals surface area (Å²) in [5.41, 5.74) is 2.96. The van der Waals surface area contributed by atoms with E-state index in [0.29, 0.717) is 5.15 Å². The van der Waals surface area contributed by atoms with Crippen LogP contribution in [0, 0.1) is 0 Å². The molecule has 1 aromatic carbocycles. The van der Waals surface area contributed by atoms with E-state index in [4.69, 9.17) is 11.6 Å². The second-order valence-electron chi connectivity index (χ2n) is 6.28. The molecule has 2 aromatic heterocycles. The zero-order chi connectivity index (χ0) is 15.2. The Morgan fingerprint density at radius 1 is 1.09 bits per heavy atom. The number of aromatic nitrogens is 4. The summed E-state index contributed by atoms with van der Waals surface area (Å²) < 4.78 is 1.74. The van der Waals surface area contributed by atoms with Gasteiger partial charge in [-0.2, -0.15) is 9.61 Å². The predicted octanol–water partition coefficient (Wildman–Crippen LogP) is 4.28. The van der Waals surface area contributed by atoms with Crippen molar-refractivity contribution < 1.29 is 0 Å². The fourth-order valence-electron chi connectivity index (χ4n) is 3.43. The number of hydrogen-bond donors (Lipinski definition) is 0. The van der Waals surface area contributed by atoms with Crippen molar-refractivity contribution >= 4 is 17.2 Å². The normalized spacial score (nSPS) is 17.2. The summed E-state index contributed by atoms with van der Waals surface area (Å²) in [4.78, 5) is 0. The highest BCUT2D eigenvalue weighted by Crippen LogP contribution is 2.43. The molecule has 0 aliphatic heterocycles. The Hall–Kier alpha value is -1.94. The van der Waals surface area contributed by atoms with Crippen molar-refractivity contribution in [3.63, 3.8) is 0 Å². The molecule has 1 saturated carbocycles. The van der Waals surface area contributed by atoms with Crippen molar-refractivity contribution in [2.75, 3.05) is 0 Å². The highest BCUT2D eigenvalue weighted by Gasteiger charge is 2.33. The van der Waals surface area contributed by atoms with Crippen molar-refractivity contribution in [2.45, 2.75) is 38.0 Å². The third-order valence-electron chi connectivity index (χ3n) is 4.74. The van der Waals surface area contributed by atoms with Crippen LogP contribution >= 0.6 is 11.6 Å². The van der Waals surface area contributed by atoms with Gasteiger partial charge in [0, 0.05) is 11.1 Å². The summed E-state index contributed by atoms with van der Waals surface area (Å²) in [5, 5.41) is 13.7. The van der Waals surface area contributed by atoms with Crippen molar-refractivity contribution in [3.05, 3.63) is 47.1 Å². The van der Waals surface area contributed by atoms with Crippen molar-refractivity contribution in [1.29, 1.82) is 0 Å². The molecule has 112 valence electrons. The predicted molar refractivity (Wildman–Crippen MR) is 87.0 cm³/mol. The molecule has 0 amide bonds. The number of rotatable bonds is 2. The molecule has 0 N–H and O–H groups in total. The molecule has 0 radical (unpaired) electrons. The molecule has 3 aromatic rings. The van der Waals surface area contributed by atoms with Gasteiger partial charge in [-0.15, -0.1) is 10.2 Å². The first-order chi connectivity index (χ1) is 10.7. The van der Waals surface area contributed by atoms with Crippen LogP contribution in [0.2, 0.25) is 5.15 Å². The average molecular weight is 313 g/mol. The van der Waals surface area contributed by atoms with Crippen LogP contribution in [0.3, 0.4) is 0 Å². The van der Waals surface area contributed by atoms with E-state index in [9.17, 15) is 0 Å². The number of hydrogen-bond acceptors (Lipinski definition) is 3. The first-order valence-electron chi connectivity index (χ1n) is 7.65. The van der Waals surface area contributed by atoms with E-state index in [0.717, 1.165) is 35.4 Å². The summed E-state index contributed by atoms with van der Waals surface area (Å²) in [6.07, 6.45) is 4.81. The van der Waals surface area contributed by atoms with Crippen molar-refractivity contribution in [1.82, 2.24) is 19.8 Å². The quantitative estimate of drug-likeness (QED) is 0.709. The molecule has 5 heteroatoms. The molecule has 1 aliphatic carbocycles. The van der Waals surface area contributed by atoms with Gasteiger partial charge in [-0.1, -0.05) is 61.7 Å². The van der Waals surface area contributed by atoms with Gasteiger partial charge in [0.05, 0.1) is 0 Å². The molecule has 0 spiro atoms. The molecule has 0 saturated heterocycles. The van der Waals surface area contributed by atoms with E-state index in [-0.39, 0.29) is 5.41 Å². The fourth-order valence-corrected chi connectivity index (χ4v) is 3.78. The maximum Gasteiger partial charge on any atom is 0.185 e. The largest absolute Gasteiger partial charge is 0.191 e. The maximum atomic E-state index is 6.50. The molecule has 0 bridgehead atoms. The van der Waals surface area contributed by atoms with Crippen LogP contribution in [-0.2, 0) is 5.41 Å². The lowest BCUT2D eigenvalue weighted by Gasteiger charge is -2.24. The van der Waals surface area contributed by atoms with E-state index >= 15 is 0 Å². The molecule has 0 atom stereocenters. The van der Waals surface area contributed by atoms with Crippen molar-refractivity contribution in [3.8, 4) is 11.4 Å². The lowest BCUT2D eigenvalue weighted by Crippen LogP contribution is -2.18. The summed E-state index contributed by atoms with van der Waals surface area (Å²) >= 11 is 6.50. The zero-order valence-corrected chi connectivity index (χ0v) is 13.2. The summed E-state index contributed by atoms with van der Waals surface area (Å²) in [5.74, 6) is 0.723. The van der Waals surface area contributed by atoms with E-state index in [1.165, 1.54) is 12.8 Å². The van der Waals surface area contributed by atoms with E-state index < -0.39 is 0 Å². The van der Waals surface area contributed by atoms with Gasteiger partial charge in [0.15, 0.2) is 16.6 Å². The molecular formula is C17H17ClN4. The molecule has 1 aliphatic rings. The Balaban J connectivity index is 1.87. The fraction of sp³-hybridized carbons (Fsp3) is 0.353. The Morgan fingerprint density at radius 3 is 2.55 bits per heavy atom. The molecular weight excluding hydrogens is 296 g/mol. The van der Waals surface area contributed by atoms with Gasteiger partial charge in [0.1, 0.15) is 0 Å². The summed E-state index contributed by atoms with van der Waals surface area (Å²) in [6, 6.07) is 12.0. The summed E-state index contributed by atoms with van der Waals surface area (Å²) in [6.45, 7) is 2.27. The minimum absolute atomic E-state index is 0.116. The van der Waals surface area contributed by atoms with Crippen LogP contribution in [-0.4, -0.2) is 19.8 Å². The van der Waals surface area contributed by atoms with Crippen LogP contribution in [0.25, 0.3) is 17.0 Å². The lowest BCUT2D eigenvalue weighted by molar-refractivity contribution is 0.488. The van der Waals surface area contributed by atoms with Crippen LogP contribution in [0.4, 0.5) is 0 Å². The maximum absolute atomic E-state index is 6.50. The van der Waals surface area contributed by atoms with Crippen LogP contribution in [0.15, 0.2) is 36.4 Å². The third-order valence-corrected chi connectivity index (χ3v) is 5.02. The number of fused-ring (bicyclic) bond motifs is 1. The second kappa shape index (κ2) is 5.06. The first kappa shape index (κ1) is 13.7. The van der Waals surface area contributed by atoms with Crippen LogP contribution in [0.1, 0.15) is 38.2 Å². The van der Waals surface area contributed by atoms with Crippen LogP contribution < -0.4 is 0 Å². The Labute approximate surface area is 134 Å². The number of nitrogens with zero attached hydrogens (tertiary/aromatic N) is 4. The van der Waals surface area contributed by atoms with Crippen LogP contribution in [0.5, 0.6) is 0 Å². The molecule has 1 fully saturated rings. The van der Waals surface area contributed by atoms with Gasteiger partial charge >= 0.3 is 0 Å².